The van der Waals surface area contributed by atoms with Crippen molar-refractivity contribution >= 4 is 11.6 Å². The largest absolute Gasteiger partial charge is 0.324 e. The number of aryl methyl sites for hydroxylation is 2. The molecule has 1 unspecified atom stereocenters. The van der Waals surface area contributed by atoms with Gasteiger partial charge in [-0.05, 0) is 49.6 Å². The zero-order valence-corrected chi connectivity index (χ0v) is 11.7. The second-order valence-electron chi connectivity index (χ2n) is 4.71. The Morgan fingerprint density at radius 2 is 1.89 bits per heavy atom. The number of halogens is 2. The van der Waals surface area contributed by atoms with Crippen molar-refractivity contribution in [3.63, 3.8) is 0 Å². The smallest absolute Gasteiger partial charge is 0.142 e. The maximum atomic E-state index is 13.4. The van der Waals surface area contributed by atoms with Gasteiger partial charge < -0.3 is 5.73 Å². The summed E-state index contributed by atoms with van der Waals surface area (Å²) >= 11 is 5.94. The molecule has 0 aliphatic rings. The van der Waals surface area contributed by atoms with Gasteiger partial charge in [0.1, 0.15) is 5.82 Å². The first-order chi connectivity index (χ1) is 8.97. The van der Waals surface area contributed by atoms with Crippen molar-refractivity contribution < 1.29 is 4.39 Å². The van der Waals surface area contributed by atoms with Gasteiger partial charge in [-0.3, -0.25) is 4.98 Å². The average Bonchev–Trinajstić information content (AvgIpc) is 2.33. The molecule has 2 rings (SSSR count). The first-order valence-corrected chi connectivity index (χ1v) is 6.49. The van der Waals surface area contributed by atoms with E-state index in [4.69, 9.17) is 17.3 Å². The van der Waals surface area contributed by atoms with Crippen LogP contribution < -0.4 is 5.73 Å². The summed E-state index contributed by atoms with van der Waals surface area (Å²) in [6, 6.07) is 8.46. The van der Waals surface area contributed by atoms with Gasteiger partial charge in [0, 0.05) is 17.4 Å². The molecule has 1 atom stereocenters. The number of hydrogen-bond acceptors (Lipinski definition) is 2. The first kappa shape index (κ1) is 14.0. The number of rotatable bonds is 3. The summed E-state index contributed by atoms with van der Waals surface area (Å²) in [6.07, 6.45) is 0.499. The van der Waals surface area contributed by atoms with Crippen LogP contribution in [0, 0.1) is 19.7 Å². The third-order valence-electron chi connectivity index (χ3n) is 3.00. The molecule has 100 valence electrons. The fraction of sp³-hybridized carbons (Fsp3) is 0.267. The lowest BCUT2D eigenvalue weighted by molar-refractivity contribution is 0.622. The number of hydrogen-bond donors (Lipinski definition) is 1. The van der Waals surface area contributed by atoms with Crippen LogP contribution in [0.4, 0.5) is 4.39 Å². The highest BCUT2D eigenvalue weighted by Crippen LogP contribution is 2.24. The molecule has 2 nitrogen and oxygen atoms in total. The van der Waals surface area contributed by atoms with Crippen molar-refractivity contribution in [1.82, 2.24) is 4.98 Å². The summed E-state index contributed by atoms with van der Waals surface area (Å²) in [5.74, 6) is -0.409. The van der Waals surface area contributed by atoms with E-state index >= 15 is 0 Å². The predicted molar refractivity (Wildman–Crippen MR) is 75.8 cm³/mol. The lowest BCUT2D eigenvalue weighted by atomic mass is 9.99. The molecule has 0 saturated heterocycles. The van der Waals surface area contributed by atoms with Crippen LogP contribution in [0.5, 0.6) is 0 Å². The molecule has 1 aromatic carbocycles. The van der Waals surface area contributed by atoms with Gasteiger partial charge in [-0.1, -0.05) is 23.7 Å². The fourth-order valence-electron chi connectivity index (χ4n) is 2.14. The van der Waals surface area contributed by atoms with Gasteiger partial charge in [-0.15, -0.1) is 0 Å². The standard InChI is InChI=1S/C15H16ClFN2/c1-9-6-12(7-10(2)19-9)14(18)8-11-4-3-5-13(17)15(11)16/h3-7,14H,8,18H2,1-2H3. The average molecular weight is 279 g/mol. The van der Waals surface area contributed by atoms with Crippen LogP contribution in [0.25, 0.3) is 0 Å². The second kappa shape index (κ2) is 5.68. The molecule has 0 fully saturated rings. The van der Waals surface area contributed by atoms with Gasteiger partial charge in [-0.25, -0.2) is 4.39 Å². The van der Waals surface area contributed by atoms with E-state index in [1.54, 1.807) is 12.1 Å². The molecule has 2 aromatic rings. The van der Waals surface area contributed by atoms with Crippen LogP contribution in [0.1, 0.15) is 28.6 Å². The molecule has 0 bridgehead atoms. The maximum absolute atomic E-state index is 13.4. The third kappa shape index (κ3) is 3.31. The molecule has 0 aliphatic heterocycles. The Kier molecular flexibility index (Phi) is 4.17. The molecule has 2 N–H and O–H groups in total. The molecule has 1 aromatic heterocycles. The molecule has 0 aliphatic carbocycles. The normalized spacial score (nSPS) is 12.5. The summed E-state index contributed by atoms with van der Waals surface area (Å²) in [7, 11) is 0. The fourth-order valence-corrected chi connectivity index (χ4v) is 2.34. The quantitative estimate of drug-likeness (QED) is 0.929. The van der Waals surface area contributed by atoms with Crippen LogP contribution in [0.3, 0.4) is 0 Å². The van der Waals surface area contributed by atoms with E-state index in [0.717, 1.165) is 22.5 Å². The van der Waals surface area contributed by atoms with Gasteiger partial charge in [0.25, 0.3) is 0 Å². The van der Waals surface area contributed by atoms with Crippen LogP contribution >= 0.6 is 11.6 Å². The van der Waals surface area contributed by atoms with Crippen molar-refractivity contribution in [3.8, 4) is 0 Å². The lowest BCUT2D eigenvalue weighted by Gasteiger charge is -2.14. The minimum atomic E-state index is -0.409. The zero-order valence-electron chi connectivity index (χ0n) is 11.0. The van der Waals surface area contributed by atoms with Crippen LogP contribution in [0.15, 0.2) is 30.3 Å². The van der Waals surface area contributed by atoms with Crippen LogP contribution in [-0.2, 0) is 6.42 Å². The summed E-state index contributed by atoms with van der Waals surface area (Å²) in [5, 5.41) is 0.153. The maximum Gasteiger partial charge on any atom is 0.142 e. The Labute approximate surface area is 117 Å². The van der Waals surface area contributed by atoms with Crippen molar-refractivity contribution in [2.45, 2.75) is 26.3 Å². The highest BCUT2D eigenvalue weighted by atomic mass is 35.5. The van der Waals surface area contributed by atoms with Crippen LogP contribution in [0.2, 0.25) is 5.02 Å². The Balaban J connectivity index is 2.25. The minimum absolute atomic E-state index is 0.153. The summed E-state index contributed by atoms with van der Waals surface area (Å²) < 4.78 is 13.4. The molecule has 1 heterocycles. The molecule has 4 heteroatoms. The van der Waals surface area contributed by atoms with Gasteiger partial charge in [0.05, 0.1) is 5.02 Å². The third-order valence-corrected chi connectivity index (χ3v) is 3.43. The summed E-state index contributed by atoms with van der Waals surface area (Å²) in [5.41, 5.74) is 9.74. The number of pyridine rings is 1. The zero-order chi connectivity index (χ0) is 14.0. The molecule has 0 amide bonds. The van der Waals surface area contributed by atoms with Crippen molar-refractivity contribution in [1.29, 1.82) is 0 Å². The second-order valence-corrected chi connectivity index (χ2v) is 5.08. The predicted octanol–water partition coefficient (Wildman–Crippen LogP) is 3.73. The monoisotopic (exact) mass is 278 g/mol. The lowest BCUT2D eigenvalue weighted by Crippen LogP contribution is -2.14. The molecular weight excluding hydrogens is 263 g/mol. The first-order valence-electron chi connectivity index (χ1n) is 6.11. The van der Waals surface area contributed by atoms with Crippen molar-refractivity contribution in [2.24, 2.45) is 5.73 Å². The highest BCUT2D eigenvalue weighted by molar-refractivity contribution is 6.31. The van der Waals surface area contributed by atoms with Crippen LogP contribution in [-0.4, -0.2) is 4.98 Å². The van der Waals surface area contributed by atoms with E-state index in [0.29, 0.717) is 6.42 Å². The Bertz CT molecular complexity index is 578. The molecular formula is C15H16ClFN2. The minimum Gasteiger partial charge on any atom is -0.324 e. The summed E-state index contributed by atoms with van der Waals surface area (Å²) in [4.78, 5) is 4.31. The summed E-state index contributed by atoms with van der Waals surface area (Å²) in [6.45, 7) is 3.86. The van der Waals surface area contributed by atoms with E-state index in [-0.39, 0.29) is 11.1 Å². The van der Waals surface area contributed by atoms with E-state index in [2.05, 4.69) is 4.98 Å². The van der Waals surface area contributed by atoms with E-state index < -0.39 is 5.82 Å². The Morgan fingerprint density at radius 3 is 2.53 bits per heavy atom. The number of nitrogens with zero attached hydrogens (tertiary/aromatic N) is 1. The number of aromatic nitrogens is 1. The van der Waals surface area contributed by atoms with E-state index in [1.807, 2.05) is 26.0 Å². The molecule has 0 saturated carbocycles. The molecule has 0 radical (unpaired) electrons. The number of nitrogens with two attached hydrogens (primary N) is 1. The topological polar surface area (TPSA) is 38.9 Å². The number of benzene rings is 1. The van der Waals surface area contributed by atoms with E-state index in [9.17, 15) is 4.39 Å². The molecule has 19 heavy (non-hydrogen) atoms. The Morgan fingerprint density at radius 1 is 1.26 bits per heavy atom. The van der Waals surface area contributed by atoms with Crippen molar-refractivity contribution in [3.05, 3.63) is 63.7 Å². The van der Waals surface area contributed by atoms with Crippen molar-refractivity contribution in [2.75, 3.05) is 0 Å². The Hall–Kier alpha value is -1.45. The van der Waals surface area contributed by atoms with Gasteiger partial charge in [0.15, 0.2) is 0 Å². The SMILES string of the molecule is Cc1cc(C(N)Cc2cccc(F)c2Cl)cc(C)n1. The van der Waals surface area contributed by atoms with E-state index in [1.165, 1.54) is 6.07 Å². The van der Waals surface area contributed by atoms with Gasteiger partial charge in [-0.2, -0.15) is 0 Å². The van der Waals surface area contributed by atoms with Gasteiger partial charge >= 0.3 is 0 Å². The van der Waals surface area contributed by atoms with Gasteiger partial charge in [0.2, 0.25) is 0 Å². The molecule has 0 spiro atoms. The highest BCUT2D eigenvalue weighted by Gasteiger charge is 2.12.